The lowest BCUT2D eigenvalue weighted by Gasteiger charge is -1.96. The highest BCUT2D eigenvalue weighted by Crippen LogP contribution is 2.06. The second-order valence-corrected chi connectivity index (χ2v) is 5.08. The quantitative estimate of drug-likeness (QED) is 0.348. The molecule has 1 N–H and O–H groups in total. The molecule has 2 heteroatoms. The topological polar surface area (TPSA) is 37.3 Å². The maximum absolute atomic E-state index is 10.3. The summed E-state index contributed by atoms with van der Waals surface area (Å²) in [5.74, 6) is -0.683. The van der Waals surface area contributed by atoms with Crippen molar-refractivity contribution >= 4 is 5.97 Å². The number of carboxylic acids is 1. The Morgan fingerprint density at radius 3 is 1.90 bits per heavy atom. The minimum atomic E-state index is -0.683. The van der Waals surface area contributed by atoms with E-state index in [9.17, 15) is 4.79 Å². The van der Waals surface area contributed by atoms with Crippen molar-refractivity contribution in [1.29, 1.82) is 0 Å². The van der Waals surface area contributed by atoms with Crippen molar-refractivity contribution in [2.45, 2.75) is 71.1 Å². The molecule has 114 valence electrons. The van der Waals surface area contributed by atoms with Gasteiger partial charge >= 0.3 is 5.97 Å². The van der Waals surface area contributed by atoms with Gasteiger partial charge in [0.15, 0.2) is 0 Å². The Morgan fingerprint density at radius 2 is 1.35 bits per heavy atom. The number of carboxylic acid groups (broad SMARTS) is 1. The normalized spacial score (nSPS) is 12.1. The lowest BCUT2D eigenvalue weighted by Crippen LogP contribution is -1.93. The number of allylic oxidation sites excluding steroid dienone is 6. The van der Waals surface area contributed by atoms with Gasteiger partial charge in [0.1, 0.15) is 0 Å². The summed E-state index contributed by atoms with van der Waals surface area (Å²) in [5.41, 5.74) is 0. The average molecular weight is 278 g/mol. The molecule has 0 spiro atoms. The van der Waals surface area contributed by atoms with Crippen LogP contribution in [0.5, 0.6) is 0 Å². The Morgan fingerprint density at radius 1 is 0.800 bits per heavy atom. The molecule has 0 heterocycles. The monoisotopic (exact) mass is 278 g/mol. The molecular weight excluding hydrogens is 248 g/mol. The lowest BCUT2D eigenvalue weighted by molar-refractivity contribution is -0.137. The summed E-state index contributed by atoms with van der Waals surface area (Å²) in [7, 11) is 0. The van der Waals surface area contributed by atoms with E-state index in [2.05, 4.69) is 43.4 Å². The zero-order chi connectivity index (χ0) is 14.9. The van der Waals surface area contributed by atoms with Crippen LogP contribution in [-0.4, -0.2) is 11.1 Å². The molecule has 0 fully saturated rings. The maximum atomic E-state index is 10.3. The van der Waals surface area contributed by atoms with Gasteiger partial charge in [-0.2, -0.15) is 0 Å². The number of rotatable bonds is 13. The minimum absolute atomic E-state index is 0.309. The molecule has 0 saturated heterocycles. The van der Waals surface area contributed by atoms with E-state index in [4.69, 9.17) is 5.11 Å². The summed E-state index contributed by atoms with van der Waals surface area (Å²) >= 11 is 0. The fraction of sp³-hybridized carbons (Fsp3) is 0.611. The molecule has 0 unspecified atom stereocenters. The summed E-state index contributed by atoms with van der Waals surface area (Å²) in [6.45, 7) is 2.22. The van der Waals surface area contributed by atoms with Crippen LogP contribution < -0.4 is 0 Å². The highest BCUT2D eigenvalue weighted by molar-refractivity contribution is 5.66. The molecule has 0 rings (SSSR count). The number of carbonyl (C=O) groups is 1. The Hall–Kier alpha value is -1.31. The molecule has 2 nitrogen and oxygen atoms in total. The highest BCUT2D eigenvalue weighted by Gasteiger charge is 1.95. The SMILES string of the molecule is CCCCCC=CC=CC=CCCCCCCC(=O)O. The first-order valence-corrected chi connectivity index (χ1v) is 7.97. The van der Waals surface area contributed by atoms with Gasteiger partial charge in [-0.05, 0) is 32.1 Å². The van der Waals surface area contributed by atoms with Gasteiger partial charge in [-0.1, -0.05) is 69.1 Å². The number of aliphatic carboxylic acids is 1. The first-order valence-electron chi connectivity index (χ1n) is 7.97. The Kier molecular flexibility index (Phi) is 14.7. The second-order valence-electron chi connectivity index (χ2n) is 5.08. The number of hydrogen-bond acceptors (Lipinski definition) is 1. The van der Waals surface area contributed by atoms with Crippen LogP contribution in [0, 0.1) is 0 Å². The van der Waals surface area contributed by atoms with Crippen LogP contribution in [0.3, 0.4) is 0 Å². The third-order valence-corrected chi connectivity index (χ3v) is 3.09. The number of unbranched alkanes of at least 4 members (excludes halogenated alkanes) is 7. The van der Waals surface area contributed by atoms with E-state index in [1.54, 1.807) is 0 Å². The molecular formula is C18H30O2. The van der Waals surface area contributed by atoms with Crippen molar-refractivity contribution in [3.8, 4) is 0 Å². The third-order valence-electron chi connectivity index (χ3n) is 3.09. The van der Waals surface area contributed by atoms with Crippen LogP contribution in [0.2, 0.25) is 0 Å². The van der Waals surface area contributed by atoms with E-state index >= 15 is 0 Å². The van der Waals surface area contributed by atoms with Gasteiger partial charge in [0.05, 0.1) is 0 Å². The summed E-state index contributed by atoms with van der Waals surface area (Å²) in [4.78, 5) is 10.3. The molecule has 0 aromatic rings. The van der Waals surface area contributed by atoms with Gasteiger partial charge in [-0.25, -0.2) is 0 Å². The largest absolute Gasteiger partial charge is 0.481 e. The smallest absolute Gasteiger partial charge is 0.303 e. The lowest BCUT2D eigenvalue weighted by atomic mass is 10.1. The summed E-state index contributed by atoms with van der Waals surface area (Å²) in [6.07, 6.45) is 23.3. The molecule has 0 amide bonds. The molecule has 0 aliphatic rings. The molecule has 20 heavy (non-hydrogen) atoms. The Bertz CT molecular complexity index is 301. The van der Waals surface area contributed by atoms with E-state index in [0.717, 1.165) is 32.1 Å². The van der Waals surface area contributed by atoms with Gasteiger partial charge in [-0.15, -0.1) is 0 Å². The van der Waals surface area contributed by atoms with Gasteiger partial charge in [0, 0.05) is 6.42 Å². The molecule has 0 bridgehead atoms. The van der Waals surface area contributed by atoms with E-state index in [1.807, 2.05) is 0 Å². The second kappa shape index (κ2) is 15.7. The van der Waals surface area contributed by atoms with Crippen molar-refractivity contribution in [2.75, 3.05) is 0 Å². The minimum Gasteiger partial charge on any atom is -0.481 e. The molecule has 0 aromatic carbocycles. The zero-order valence-corrected chi connectivity index (χ0v) is 12.9. The summed E-state index contributed by atoms with van der Waals surface area (Å²) < 4.78 is 0. The van der Waals surface area contributed by atoms with E-state index in [1.165, 1.54) is 25.7 Å². The van der Waals surface area contributed by atoms with Crippen molar-refractivity contribution in [3.63, 3.8) is 0 Å². The van der Waals surface area contributed by atoms with Gasteiger partial charge in [0.25, 0.3) is 0 Å². The van der Waals surface area contributed by atoms with Gasteiger partial charge in [0.2, 0.25) is 0 Å². The van der Waals surface area contributed by atoms with Crippen molar-refractivity contribution in [3.05, 3.63) is 36.5 Å². The molecule has 0 aliphatic heterocycles. The highest BCUT2D eigenvalue weighted by atomic mass is 16.4. The average Bonchev–Trinajstić information content (AvgIpc) is 2.43. The predicted molar refractivity (Wildman–Crippen MR) is 86.9 cm³/mol. The Balaban J connectivity index is 3.32. The maximum Gasteiger partial charge on any atom is 0.303 e. The van der Waals surface area contributed by atoms with Crippen LogP contribution >= 0.6 is 0 Å². The summed E-state index contributed by atoms with van der Waals surface area (Å²) in [5, 5.41) is 8.49. The number of hydrogen-bond donors (Lipinski definition) is 1. The standard InChI is InChI=1S/C18H30O2/c1-2-3-4-5-6-7-8-9-10-11-12-13-14-15-16-17-18(19)20/h6-11H,2-5,12-17H2,1H3,(H,19,20). The van der Waals surface area contributed by atoms with Crippen molar-refractivity contribution < 1.29 is 9.90 Å². The third kappa shape index (κ3) is 16.7. The molecule has 0 saturated carbocycles. The molecule has 0 aromatic heterocycles. The first kappa shape index (κ1) is 18.7. The van der Waals surface area contributed by atoms with Crippen LogP contribution in [0.15, 0.2) is 36.5 Å². The van der Waals surface area contributed by atoms with Gasteiger partial charge in [-0.3, -0.25) is 4.79 Å². The van der Waals surface area contributed by atoms with Crippen LogP contribution in [0.1, 0.15) is 71.1 Å². The van der Waals surface area contributed by atoms with Crippen LogP contribution in [0.4, 0.5) is 0 Å². The van der Waals surface area contributed by atoms with Crippen LogP contribution in [-0.2, 0) is 4.79 Å². The fourth-order valence-electron chi connectivity index (χ4n) is 1.88. The fourth-order valence-corrected chi connectivity index (χ4v) is 1.88. The summed E-state index contributed by atoms with van der Waals surface area (Å²) in [6, 6.07) is 0. The predicted octanol–water partition coefficient (Wildman–Crippen LogP) is 5.66. The molecule has 0 radical (unpaired) electrons. The van der Waals surface area contributed by atoms with E-state index < -0.39 is 5.97 Å². The van der Waals surface area contributed by atoms with Crippen molar-refractivity contribution in [2.24, 2.45) is 0 Å². The van der Waals surface area contributed by atoms with Crippen molar-refractivity contribution in [1.82, 2.24) is 0 Å². The molecule has 0 atom stereocenters. The van der Waals surface area contributed by atoms with E-state index in [0.29, 0.717) is 6.42 Å². The van der Waals surface area contributed by atoms with E-state index in [-0.39, 0.29) is 0 Å². The zero-order valence-electron chi connectivity index (χ0n) is 12.9. The Labute approximate surface area is 124 Å². The van der Waals surface area contributed by atoms with Crippen LogP contribution in [0.25, 0.3) is 0 Å². The first-order chi connectivity index (χ1) is 9.77. The van der Waals surface area contributed by atoms with Gasteiger partial charge < -0.3 is 5.11 Å². The molecule has 0 aliphatic carbocycles.